The van der Waals surface area contributed by atoms with Crippen LogP contribution < -0.4 is 37.5 Å². The number of aliphatic hydroxyl groups is 1. The highest BCUT2D eigenvalue weighted by molar-refractivity contribution is 6.13. The van der Waals surface area contributed by atoms with E-state index in [9.17, 15) is 53.1 Å². The van der Waals surface area contributed by atoms with Gasteiger partial charge in [-0.1, -0.05) is 44.2 Å². The fourth-order valence-electron chi connectivity index (χ4n) is 9.49. The van der Waals surface area contributed by atoms with Crippen molar-refractivity contribution in [2.24, 2.45) is 5.92 Å². The van der Waals surface area contributed by atoms with Gasteiger partial charge in [0.25, 0.3) is 17.4 Å². The predicted octanol–water partition coefficient (Wildman–Crippen LogP) is -0.252. The lowest BCUT2D eigenvalue weighted by atomic mass is 9.81. The van der Waals surface area contributed by atoms with Crippen LogP contribution in [0.15, 0.2) is 59.4 Å². The zero-order chi connectivity index (χ0) is 53.0. The molecule has 5 heterocycles. The maximum Gasteiger partial charge on any atom is 0.343 e. The summed E-state index contributed by atoms with van der Waals surface area (Å²) in [6, 6.07) is 9.86. The summed E-state index contributed by atoms with van der Waals surface area (Å²) in [6.07, 6.45) is 2.74. The Hall–Kier alpha value is -8.18. The molecule has 4 aliphatic rings. The summed E-state index contributed by atoms with van der Waals surface area (Å²) in [6.45, 7) is 2.49. The lowest BCUT2D eigenvalue weighted by Crippen LogP contribution is -2.52. The van der Waals surface area contributed by atoms with Gasteiger partial charge in [0.05, 0.1) is 67.2 Å². The first-order chi connectivity index (χ1) is 35.4. The first-order valence-electron chi connectivity index (χ1n) is 24.0. The second-order valence-electron chi connectivity index (χ2n) is 18.4. The molecule has 1 aliphatic carbocycles. The topological polar surface area (TPSA) is 303 Å². The number of cyclic esters (lactones) is 1. The summed E-state index contributed by atoms with van der Waals surface area (Å²) in [7, 11) is 0. The van der Waals surface area contributed by atoms with Crippen molar-refractivity contribution in [2.75, 3.05) is 39.5 Å². The van der Waals surface area contributed by atoms with Crippen molar-refractivity contribution in [1.29, 1.82) is 0 Å². The van der Waals surface area contributed by atoms with Crippen molar-refractivity contribution >= 4 is 64.1 Å². The molecular formula is C51H54FN9O13. The van der Waals surface area contributed by atoms with Crippen molar-refractivity contribution in [3.05, 3.63) is 110 Å². The highest BCUT2D eigenvalue weighted by Gasteiger charge is 2.46. The van der Waals surface area contributed by atoms with E-state index in [1.807, 2.05) is 0 Å². The Labute approximate surface area is 421 Å². The van der Waals surface area contributed by atoms with Crippen molar-refractivity contribution in [2.45, 2.75) is 83.7 Å². The molecule has 8 rings (SSSR count). The molecule has 2 aromatic carbocycles. The molecule has 8 amide bonds. The number of nitrogens with zero attached hydrogens (tertiary/aromatic N) is 3. The summed E-state index contributed by atoms with van der Waals surface area (Å²) in [5.41, 5.74) is 2.01. The molecular weight excluding hydrogens is 966 g/mol. The molecule has 0 radical (unpaired) electrons. The summed E-state index contributed by atoms with van der Waals surface area (Å²) in [5, 5.41) is 27.4. The number of pyridine rings is 2. The van der Waals surface area contributed by atoms with Gasteiger partial charge in [0.1, 0.15) is 25.2 Å². The molecule has 23 heteroatoms. The van der Waals surface area contributed by atoms with Crippen LogP contribution in [-0.2, 0) is 84.2 Å². The fourth-order valence-corrected chi connectivity index (χ4v) is 9.49. The van der Waals surface area contributed by atoms with Gasteiger partial charge < -0.3 is 51.0 Å². The van der Waals surface area contributed by atoms with E-state index in [1.165, 1.54) is 10.6 Å². The molecule has 4 atom stereocenters. The Balaban J connectivity index is 0.828. The summed E-state index contributed by atoms with van der Waals surface area (Å²) >= 11 is 0. The molecule has 74 heavy (non-hydrogen) atoms. The first-order valence-corrected chi connectivity index (χ1v) is 24.0. The number of imide groups is 1. The van der Waals surface area contributed by atoms with Crippen LogP contribution in [0.2, 0.25) is 0 Å². The minimum atomic E-state index is -2.05. The zero-order valence-corrected chi connectivity index (χ0v) is 40.7. The molecule has 0 fully saturated rings. The molecule has 3 aliphatic heterocycles. The van der Waals surface area contributed by atoms with Gasteiger partial charge in [0.15, 0.2) is 5.60 Å². The molecule has 2 aromatic heterocycles. The van der Waals surface area contributed by atoms with Crippen LogP contribution in [0.5, 0.6) is 0 Å². The normalized spacial score (nSPS) is 17.9. The lowest BCUT2D eigenvalue weighted by molar-refractivity contribution is -0.172. The Morgan fingerprint density at radius 2 is 1.58 bits per heavy atom. The average molecular weight is 1020 g/mol. The molecule has 0 bridgehead atoms. The van der Waals surface area contributed by atoms with Gasteiger partial charge in [-0.15, -0.1) is 0 Å². The Kier molecular flexibility index (Phi) is 15.4. The van der Waals surface area contributed by atoms with Crippen LogP contribution in [-0.4, -0.2) is 118 Å². The van der Waals surface area contributed by atoms with Gasteiger partial charge in [-0.05, 0) is 54.5 Å². The zero-order valence-electron chi connectivity index (χ0n) is 40.7. The molecule has 0 unspecified atom stereocenters. The Morgan fingerprint density at radius 3 is 2.31 bits per heavy atom. The number of halogens is 1. The average Bonchev–Trinajstić information content (AvgIpc) is 3.92. The second-order valence-corrected chi connectivity index (χ2v) is 18.4. The van der Waals surface area contributed by atoms with Crippen LogP contribution in [0.1, 0.15) is 78.1 Å². The maximum atomic E-state index is 15.4. The summed E-state index contributed by atoms with van der Waals surface area (Å²) in [5.74, 6) is -6.97. The van der Waals surface area contributed by atoms with Crippen LogP contribution in [0, 0.1) is 18.7 Å². The monoisotopic (exact) mass is 1020 g/mol. The summed E-state index contributed by atoms with van der Waals surface area (Å²) in [4.78, 5) is 133. The Morgan fingerprint density at radius 1 is 0.892 bits per heavy atom. The molecule has 0 saturated carbocycles. The van der Waals surface area contributed by atoms with E-state index in [-0.39, 0.29) is 69.3 Å². The van der Waals surface area contributed by atoms with Gasteiger partial charge in [-0.25, -0.2) is 14.2 Å². The second kappa shape index (κ2) is 21.9. The third-order valence-electron chi connectivity index (χ3n) is 13.6. The van der Waals surface area contributed by atoms with E-state index in [0.717, 1.165) is 22.6 Å². The third-order valence-corrected chi connectivity index (χ3v) is 13.6. The highest BCUT2D eigenvalue weighted by atomic mass is 19.1. The van der Waals surface area contributed by atoms with Crippen LogP contribution in [0.4, 0.5) is 4.39 Å². The van der Waals surface area contributed by atoms with Crippen molar-refractivity contribution in [3.63, 3.8) is 0 Å². The number of esters is 1. The van der Waals surface area contributed by atoms with Gasteiger partial charge >= 0.3 is 5.97 Å². The number of carbonyl (C=O) groups excluding carboxylic acids is 9. The van der Waals surface area contributed by atoms with Gasteiger partial charge in [0.2, 0.25) is 35.4 Å². The number of carbonyl (C=O) groups is 9. The van der Waals surface area contributed by atoms with Gasteiger partial charge in [0, 0.05) is 54.1 Å². The number of amides is 8. The van der Waals surface area contributed by atoms with Crippen LogP contribution >= 0.6 is 0 Å². The van der Waals surface area contributed by atoms with Gasteiger partial charge in [-0.2, -0.15) is 0 Å². The number of aryl methyl sites for hydroxylation is 1. The van der Waals surface area contributed by atoms with E-state index in [0.29, 0.717) is 57.4 Å². The van der Waals surface area contributed by atoms with Gasteiger partial charge in [-0.3, -0.25) is 48.1 Å². The predicted molar refractivity (Wildman–Crippen MR) is 258 cm³/mol. The maximum absolute atomic E-state index is 15.4. The third kappa shape index (κ3) is 10.8. The largest absolute Gasteiger partial charge is 0.458 e. The summed E-state index contributed by atoms with van der Waals surface area (Å²) < 4.78 is 27.7. The number of rotatable bonds is 20. The van der Waals surface area contributed by atoms with E-state index in [2.05, 4.69) is 31.9 Å². The number of ether oxygens (including phenoxy) is 2. The molecule has 0 spiro atoms. The first kappa shape index (κ1) is 52.2. The van der Waals surface area contributed by atoms with E-state index in [1.54, 1.807) is 57.2 Å². The number of fused-ring (bicyclic) bond motifs is 5. The standard InChI is InChI=1S/C51H54FN9O13/c1-4-51(72)32-17-37-46-30(22-61(37)49(70)31(32)24-74-50(51)71)45-34(11-10-29-27(3)33(52)18-35(58-46)44(29)45)59-47(68)26(2)23-73-25-56-40(64)20-55-48(69)36(16-28-8-6-5-7-9-28)57-41(65)21-54-39(63)19-53-38(62)14-15-60-42(66)12-13-43(60)67/h5-9,12-13,17-18,26,34,36,72H,4,10-11,14-16,19-25H2,1-3H3,(H,53,62)(H,54,63)(H,55,69)(H,56,64)(H,57,65)(H,59,68)/t26-,34-,36-,51-/m0/s1. The SMILES string of the molecule is CC[C@@]1(O)C(=O)OCc2c1cc1n(c2=O)Cc2c-1nc1cc(F)c(C)c3c1c2[C@@H](NC(=O)[C@@H](C)COCNC(=O)CNC(=O)[C@H](Cc1ccccc1)NC(=O)CNC(=O)CNC(=O)CCN1C(=O)C=CC1=O)CC3. The number of aromatic nitrogens is 2. The Bertz CT molecular complexity index is 3090. The minimum Gasteiger partial charge on any atom is -0.458 e. The number of hydrogen-bond acceptors (Lipinski definition) is 14. The molecule has 4 aromatic rings. The number of hydrogen-bond donors (Lipinski definition) is 7. The number of benzene rings is 2. The van der Waals surface area contributed by atoms with Crippen molar-refractivity contribution < 1.29 is 62.1 Å². The molecule has 7 N–H and O–H groups in total. The fraction of sp³-hybridized carbons (Fsp3) is 0.392. The highest BCUT2D eigenvalue weighted by Crippen LogP contribution is 2.46. The van der Waals surface area contributed by atoms with Crippen molar-refractivity contribution in [1.82, 2.24) is 46.4 Å². The minimum absolute atomic E-state index is 0.0311. The van der Waals surface area contributed by atoms with Crippen LogP contribution in [0.25, 0.3) is 22.3 Å². The van der Waals surface area contributed by atoms with E-state index < -0.39 is 102 Å². The molecule has 0 saturated heterocycles. The van der Waals surface area contributed by atoms with Crippen LogP contribution in [0.3, 0.4) is 0 Å². The molecule has 388 valence electrons. The smallest absolute Gasteiger partial charge is 0.343 e. The quantitative estimate of drug-likeness (QED) is 0.0229. The van der Waals surface area contributed by atoms with Crippen molar-refractivity contribution in [3.8, 4) is 11.4 Å². The molecule has 22 nitrogen and oxygen atoms in total. The lowest BCUT2D eigenvalue weighted by Gasteiger charge is -2.31. The van der Waals surface area contributed by atoms with E-state index in [4.69, 9.17) is 14.5 Å². The van der Waals surface area contributed by atoms with E-state index >= 15 is 4.39 Å². The number of nitrogens with one attached hydrogen (secondary N) is 6.